The number of nitrogens with zero attached hydrogens (tertiary/aromatic N) is 1. The summed E-state index contributed by atoms with van der Waals surface area (Å²) in [4.78, 5) is 4.15. The molecule has 2 N–H and O–H groups in total. The third-order valence-corrected chi connectivity index (χ3v) is 3.31. The minimum atomic E-state index is -0.668. The van der Waals surface area contributed by atoms with Gasteiger partial charge in [-0.1, -0.05) is 11.8 Å². The third kappa shape index (κ3) is 2.79. The van der Waals surface area contributed by atoms with E-state index in [1.54, 1.807) is 6.07 Å². The zero-order valence-corrected chi connectivity index (χ0v) is 10.8. The number of nitrogens with two attached hydrogens (primary N) is 1. The predicted molar refractivity (Wildman–Crippen MR) is 68.6 cm³/mol. The normalized spacial score (nSPS) is 10.7. The van der Waals surface area contributed by atoms with Gasteiger partial charge in [-0.3, -0.25) is 0 Å². The summed E-state index contributed by atoms with van der Waals surface area (Å²) in [5.74, 6) is -1.34. The molecule has 0 aliphatic carbocycles. The highest BCUT2D eigenvalue weighted by molar-refractivity contribution is 7.99. The van der Waals surface area contributed by atoms with Crippen LogP contribution in [0.1, 0.15) is 11.3 Å². The Hall–Kier alpha value is -1.62. The quantitative estimate of drug-likeness (QED) is 0.842. The topological polar surface area (TPSA) is 38.9 Å². The Labute approximate surface area is 108 Å². The van der Waals surface area contributed by atoms with Gasteiger partial charge in [0.1, 0.15) is 16.7 Å². The van der Waals surface area contributed by atoms with E-state index in [9.17, 15) is 8.78 Å². The molecule has 0 unspecified atom stereocenters. The van der Waals surface area contributed by atoms with Gasteiger partial charge >= 0.3 is 0 Å². The molecule has 0 aliphatic rings. The van der Waals surface area contributed by atoms with Crippen LogP contribution in [0.5, 0.6) is 0 Å². The van der Waals surface area contributed by atoms with Gasteiger partial charge in [-0.15, -0.1) is 0 Å². The van der Waals surface area contributed by atoms with Gasteiger partial charge in [0.15, 0.2) is 0 Å². The highest BCUT2D eigenvalue weighted by Crippen LogP contribution is 2.32. The highest BCUT2D eigenvalue weighted by atomic mass is 32.2. The predicted octanol–water partition coefficient (Wildman–Crippen LogP) is 3.71. The first-order valence-corrected chi connectivity index (χ1v) is 6.15. The fourth-order valence-electron chi connectivity index (χ4n) is 1.64. The minimum Gasteiger partial charge on any atom is -0.399 e. The Balaban J connectivity index is 2.40. The number of anilines is 1. The van der Waals surface area contributed by atoms with Crippen LogP contribution in [0, 0.1) is 25.5 Å². The van der Waals surface area contributed by atoms with Crippen molar-refractivity contribution < 1.29 is 8.78 Å². The molecular weight excluding hydrogens is 254 g/mol. The number of hydrogen-bond acceptors (Lipinski definition) is 3. The van der Waals surface area contributed by atoms with Crippen molar-refractivity contribution in [1.29, 1.82) is 0 Å². The van der Waals surface area contributed by atoms with Gasteiger partial charge in [0.25, 0.3) is 0 Å². The molecule has 0 aliphatic heterocycles. The van der Waals surface area contributed by atoms with Crippen LogP contribution < -0.4 is 5.73 Å². The number of hydrogen-bond donors (Lipinski definition) is 1. The molecule has 2 rings (SSSR count). The summed E-state index contributed by atoms with van der Waals surface area (Å²) in [6.07, 6.45) is 0. The molecule has 1 aromatic heterocycles. The zero-order chi connectivity index (χ0) is 13.3. The lowest BCUT2D eigenvalue weighted by molar-refractivity contribution is 0.541. The van der Waals surface area contributed by atoms with Crippen LogP contribution in [-0.4, -0.2) is 4.98 Å². The van der Waals surface area contributed by atoms with Crippen LogP contribution in [0.3, 0.4) is 0 Å². The summed E-state index contributed by atoms with van der Waals surface area (Å²) in [7, 11) is 0. The molecule has 94 valence electrons. The van der Waals surface area contributed by atoms with Gasteiger partial charge in [0.2, 0.25) is 0 Å². The summed E-state index contributed by atoms with van der Waals surface area (Å²) >= 11 is 0.961. The van der Waals surface area contributed by atoms with Crippen LogP contribution >= 0.6 is 11.8 Å². The summed E-state index contributed by atoms with van der Waals surface area (Å²) in [5.41, 5.74) is 7.25. The minimum absolute atomic E-state index is 0.0720. The van der Waals surface area contributed by atoms with Gasteiger partial charge in [0, 0.05) is 11.4 Å². The fourth-order valence-corrected chi connectivity index (χ4v) is 2.59. The number of rotatable bonds is 2. The maximum Gasteiger partial charge on any atom is 0.142 e. The second kappa shape index (κ2) is 4.94. The molecule has 0 atom stereocenters. The smallest absolute Gasteiger partial charge is 0.142 e. The molecule has 0 fully saturated rings. The van der Waals surface area contributed by atoms with Crippen molar-refractivity contribution in [3.05, 3.63) is 47.2 Å². The number of benzene rings is 1. The van der Waals surface area contributed by atoms with Crippen LogP contribution in [0.15, 0.2) is 34.2 Å². The van der Waals surface area contributed by atoms with Gasteiger partial charge in [0.05, 0.1) is 4.90 Å². The Morgan fingerprint density at radius 1 is 1.06 bits per heavy atom. The van der Waals surface area contributed by atoms with Crippen molar-refractivity contribution in [3.8, 4) is 0 Å². The molecule has 18 heavy (non-hydrogen) atoms. The van der Waals surface area contributed by atoms with E-state index in [-0.39, 0.29) is 10.6 Å². The van der Waals surface area contributed by atoms with Crippen molar-refractivity contribution in [2.24, 2.45) is 0 Å². The van der Waals surface area contributed by atoms with E-state index in [2.05, 4.69) is 4.98 Å². The van der Waals surface area contributed by atoms with Crippen LogP contribution in [0.4, 0.5) is 14.5 Å². The van der Waals surface area contributed by atoms with Crippen LogP contribution in [-0.2, 0) is 0 Å². The molecule has 5 heteroatoms. The fraction of sp³-hybridized carbons (Fsp3) is 0.154. The van der Waals surface area contributed by atoms with Crippen molar-refractivity contribution in [3.63, 3.8) is 0 Å². The van der Waals surface area contributed by atoms with Crippen LogP contribution in [0.2, 0.25) is 0 Å². The summed E-state index contributed by atoms with van der Waals surface area (Å²) in [6.45, 7) is 3.75. The van der Waals surface area contributed by atoms with Crippen molar-refractivity contribution in [2.45, 2.75) is 23.8 Å². The Bertz CT molecular complexity index is 556. The van der Waals surface area contributed by atoms with E-state index < -0.39 is 11.6 Å². The molecule has 1 heterocycles. The first kappa shape index (κ1) is 12.8. The van der Waals surface area contributed by atoms with Gasteiger partial charge in [-0.25, -0.2) is 13.8 Å². The number of pyridine rings is 1. The number of aromatic nitrogens is 1. The lowest BCUT2D eigenvalue weighted by Crippen LogP contribution is -1.94. The molecule has 0 saturated heterocycles. The van der Waals surface area contributed by atoms with Gasteiger partial charge in [-0.05, 0) is 43.7 Å². The number of nitrogen functional groups attached to an aromatic ring is 1. The molecule has 0 bridgehead atoms. The van der Waals surface area contributed by atoms with Crippen LogP contribution in [0.25, 0.3) is 0 Å². The van der Waals surface area contributed by atoms with E-state index in [4.69, 9.17) is 5.73 Å². The first-order valence-electron chi connectivity index (χ1n) is 5.33. The summed E-state index contributed by atoms with van der Waals surface area (Å²) in [5, 5.41) is 0.565. The van der Waals surface area contributed by atoms with E-state index in [1.807, 2.05) is 19.9 Å². The molecule has 1 aromatic carbocycles. The third-order valence-electron chi connectivity index (χ3n) is 2.30. The largest absolute Gasteiger partial charge is 0.399 e. The average Bonchev–Trinajstić information content (AvgIpc) is 2.22. The highest BCUT2D eigenvalue weighted by Gasteiger charge is 2.13. The van der Waals surface area contributed by atoms with E-state index >= 15 is 0 Å². The number of aryl methyl sites for hydroxylation is 2. The molecule has 0 amide bonds. The monoisotopic (exact) mass is 266 g/mol. The Morgan fingerprint density at radius 3 is 2.22 bits per heavy atom. The molecule has 0 radical (unpaired) electrons. The molecule has 2 nitrogen and oxygen atoms in total. The second-order valence-corrected chi connectivity index (χ2v) is 5.07. The van der Waals surface area contributed by atoms with Gasteiger partial charge in [-0.2, -0.15) is 0 Å². The standard InChI is InChI=1S/C13H12F2N2S/c1-7-3-8(2)17-12(4-7)18-13-10(14)5-9(16)6-11(13)15/h3-6H,16H2,1-2H3. The van der Waals surface area contributed by atoms with Crippen molar-refractivity contribution in [2.75, 3.05) is 5.73 Å². The number of halogens is 2. The van der Waals surface area contributed by atoms with Crippen molar-refractivity contribution in [1.82, 2.24) is 4.98 Å². The SMILES string of the molecule is Cc1cc(C)nc(Sc2c(F)cc(N)cc2F)c1. The maximum absolute atomic E-state index is 13.6. The Morgan fingerprint density at radius 2 is 1.67 bits per heavy atom. The molecule has 0 saturated carbocycles. The lowest BCUT2D eigenvalue weighted by Gasteiger charge is -2.07. The van der Waals surface area contributed by atoms with E-state index in [0.717, 1.165) is 35.2 Å². The van der Waals surface area contributed by atoms with Crippen molar-refractivity contribution >= 4 is 17.4 Å². The van der Waals surface area contributed by atoms with E-state index in [0.29, 0.717) is 5.03 Å². The second-order valence-electron chi connectivity index (χ2n) is 4.04. The van der Waals surface area contributed by atoms with E-state index in [1.165, 1.54) is 0 Å². The Kier molecular flexibility index (Phi) is 3.52. The first-order chi connectivity index (χ1) is 8.45. The summed E-state index contributed by atoms with van der Waals surface area (Å²) in [6, 6.07) is 5.90. The average molecular weight is 266 g/mol. The van der Waals surface area contributed by atoms with Gasteiger partial charge < -0.3 is 5.73 Å². The zero-order valence-electron chi connectivity index (χ0n) is 10.00. The lowest BCUT2D eigenvalue weighted by atomic mass is 10.3. The molecule has 0 spiro atoms. The molecular formula is C13H12F2N2S. The maximum atomic E-state index is 13.6. The summed E-state index contributed by atoms with van der Waals surface area (Å²) < 4.78 is 27.3. The molecule has 2 aromatic rings.